The minimum absolute atomic E-state index is 0.124. The van der Waals surface area contributed by atoms with Gasteiger partial charge in [0.25, 0.3) is 5.91 Å². The number of hydrogen-bond acceptors (Lipinski definition) is 7. The number of rotatable bonds is 8. The van der Waals surface area contributed by atoms with Crippen molar-refractivity contribution in [3.05, 3.63) is 76.8 Å². The van der Waals surface area contributed by atoms with Gasteiger partial charge in [0.15, 0.2) is 5.69 Å². The van der Waals surface area contributed by atoms with E-state index in [1.807, 2.05) is 42.6 Å². The molecule has 4 rings (SSSR count). The van der Waals surface area contributed by atoms with Gasteiger partial charge in [0, 0.05) is 25.4 Å². The fraction of sp³-hybridized carbons (Fsp3) is 0.208. The van der Waals surface area contributed by atoms with Crippen LogP contribution in [0.25, 0.3) is 10.2 Å². The average Bonchev–Trinajstić information content (AvgIpc) is 3.28. The van der Waals surface area contributed by atoms with E-state index in [-0.39, 0.29) is 29.5 Å². The fourth-order valence-corrected chi connectivity index (χ4v) is 4.20. The van der Waals surface area contributed by atoms with Crippen LogP contribution in [0.3, 0.4) is 0 Å². The molecular weight excluding hydrogens is 455 g/mol. The maximum atomic E-state index is 13.5. The molecule has 2 amide bonds. The minimum Gasteiger partial charge on any atom is -0.350 e. The molecule has 0 aliphatic rings. The number of pyridine rings is 1. The summed E-state index contributed by atoms with van der Waals surface area (Å²) in [5.41, 5.74) is 3.34. The molecule has 34 heavy (non-hydrogen) atoms. The first-order valence-electron chi connectivity index (χ1n) is 10.7. The highest BCUT2D eigenvalue weighted by Gasteiger charge is 2.17. The molecule has 1 unspecified atom stereocenters. The zero-order chi connectivity index (χ0) is 24.1. The number of hydrogen-bond donors (Lipinski definition) is 3. The number of thiophene rings is 1. The Labute approximate surface area is 199 Å². The lowest BCUT2D eigenvalue weighted by Crippen LogP contribution is -2.27. The summed E-state index contributed by atoms with van der Waals surface area (Å²) in [6.07, 6.45) is 3.34. The Morgan fingerprint density at radius 2 is 1.91 bits per heavy atom. The Hall–Kier alpha value is -3.92. The SMILES string of the molecule is CC(=O)Nc1ccc(CCNC(=O)c2nc(NC(C)c3cncc(F)c3)nc3ccsc23)cc1. The average molecular weight is 479 g/mol. The van der Waals surface area contributed by atoms with Crippen LogP contribution in [0, 0.1) is 5.82 Å². The van der Waals surface area contributed by atoms with E-state index in [2.05, 4.69) is 30.9 Å². The van der Waals surface area contributed by atoms with Gasteiger partial charge in [-0.05, 0) is 54.1 Å². The summed E-state index contributed by atoms with van der Waals surface area (Å²) in [7, 11) is 0. The molecule has 3 aromatic heterocycles. The van der Waals surface area contributed by atoms with Crippen LogP contribution in [0.15, 0.2) is 54.2 Å². The molecule has 0 bridgehead atoms. The van der Waals surface area contributed by atoms with Crippen molar-refractivity contribution in [2.75, 3.05) is 17.2 Å². The van der Waals surface area contributed by atoms with E-state index in [9.17, 15) is 14.0 Å². The molecule has 174 valence electrons. The number of nitrogens with zero attached hydrogens (tertiary/aromatic N) is 3. The lowest BCUT2D eigenvalue weighted by atomic mass is 10.1. The quantitative estimate of drug-likeness (QED) is 0.348. The van der Waals surface area contributed by atoms with E-state index in [1.54, 1.807) is 6.20 Å². The first-order chi connectivity index (χ1) is 16.4. The van der Waals surface area contributed by atoms with Crippen LogP contribution in [0.4, 0.5) is 16.0 Å². The maximum Gasteiger partial charge on any atom is 0.271 e. The van der Waals surface area contributed by atoms with E-state index in [0.717, 1.165) is 17.4 Å². The molecule has 0 spiro atoms. The Kier molecular flexibility index (Phi) is 7.07. The van der Waals surface area contributed by atoms with E-state index in [4.69, 9.17) is 0 Å². The first-order valence-corrected chi connectivity index (χ1v) is 11.5. The summed E-state index contributed by atoms with van der Waals surface area (Å²) in [5.74, 6) is -0.569. The molecule has 1 aromatic carbocycles. The third kappa shape index (κ3) is 5.70. The van der Waals surface area contributed by atoms with Gasteiger partial charge in [-0.15, -0.1) is 11.3 Å². The van der Waals surface area contributed by atoms with Crippen molar-refractivity contribution in [1.29, 1.82) is 0 Å². The van der Waals surface area contributed by atoms with Gasteiger partial charge < -0.3 is 16.0 Å². The largest absolute Gasteiger partial charge is 0.350 e. The molecule has 3 N–H and O–H groups in total. The van der Waals surface area contributed by atoms with Crippen molar-refractivity contribution in [2.24, 2.45) is 0 Å². The molecule has 4 aromatic rings. The number of halogens is 1. The number of anilines is 2. The predicted octanol–water partition coefficient (Wildman–Crippen LogP) is 4.33. The molecule has 3 heterocycles. The number of benzene rings is 1. The van der Waals surface area contributed by atoms with Crippen LogP contribution in [0.1, 0.15) is 41.5 Å². The Morgan fingerprint density at radius 1 is 1.12 bits per heavy atom. The molecule has 0 saturated carbocycles. The second-order valence-corrected chi connectivity index (χ2v) is 8.63. The first kappa shape index (κ1) is 23.2. The predicted molar refractivity (Wildman–Crippen MR) is 130 cm³/mol. The molecule has 10 heteroatoms. The van der Waals surface area contributed by atoms with Crippen LogP contribution in [-0.2, 0) is 11.2 Å². The Balaban J connectivity index is 1.43. The molecule has 0 saturated heterocycles. The third-order valence-electron chi connectivity index (χ3n) is 5.06. The monoisotopic (exact) mass is 478 g/mol. The number of amides is 2. The molecule has 0 aliphatic carbocycles. The van der Waals surface area contributed by atoms with Gasteiger partial charge in [0.1, 0.15) is 5.82 Å². The van der Waals surface area contributed by atoms with Crippen molar-refractivity contribution in [3.63, 3.8) is 0 Å². The van der Waals surface area contributed by atoms with Gasteiger partial charge in [-0.2, -0.15) is 0 Å². The zero-order valence-corrected chi connectivity index (χ0v) is 19.4. The highest BCUT2D eigenvalue weighted by molar-refractivity contribution is 7.17. The Bertz CT molecular complexity index is 1320. The van der Waals surface area contributed by atoms with Crippen LogP contribution < -0.4 is 16.0 Å². The highest BCUT2D eigenvalue weighted by atomic mass is 32.1. The number of aromatic nitrogens is 3. The lowest BCUT2D eigenvalue weighted by molar-refractivity contribution is -0.114. The number of nitrogens with one attached hydrogen (secondary N) is 3. The van der Waals surface area contributed by atoms with Gasteiger partial charge in [-0.25, -0.2) is 14.4 Å². The molecule has 0 fully saturated rings. The molecular formula is C24H23FN6O2S. The number of carbonyl (C=O) groups is 2. The van der Waals surface area contributed by atoms with E-state index in [1.165, 1.54) is 24.3 Å². The van der Waals surface area contributed by atoms with Gasteiger partial charge in [0.2, 0.25) is 11.9 Å². The van der Waals surface area contributed by atoms with Gasteiger partial charge in [0.05, 0.1) is 22.5 Å². The fourth-order valence-electron chi connectivity index (χ4n) is 3.39. The highest BCUT2D eigenvalue weighted by Crippen LogP contribution is 2.25. The van der Waals surface area contributed by atoms with Crippen LogP contribution >= 0.6 is 11.3 Å². The topological polar surface area (TPSA) is 109 Å². The third-order valence-corrected chi connectivity index (χ3v) is 5.97. The maximum absolute atomic E-state index is 13.5. The summed E-state index contributed by atoms with van der Waals surface area (Å²) in [6, 6.07) is 10.4. The molecule has 0 aliphatic heterocycles. The Morgan fingerprint density at radius 3 is 2.65 bits per heavy atom. The summed E-state index contributed by atoms with van der Waals surface area (Å²) in [4.78, 5) is 36.9. The number of carbonyl (C=O) groups excluding carboxylic acids is 2. The van der Waals surface area contributed by atoms with Crippen molar-refractivity contribution in [2.45, 2.75) is 26.3 Å². The van der Waals surface area contributed by atoms with E-state index in [0.29, 0.717) is 28.7 Å². The zero-order valence-electron chi connectivity index (χ0n) is 18.6. The second kappa shape index (κ2) is 10.3. The van der Waals surface area contributed by atoms with E-state index < -0.39 is 5.82 Å². The smallest absolute Gasteiger partial charge is 0.271 e. The summed E-state index contributed by atoms with van der Waals surface area (Å²) < 4.78 is 14.2. The van der Waals surface area contributed by atoms with Crippen LogP contribution in [0.2, 0.25) is 0 Å². The van der Waals surface area contributed by atoms with Crippen molar-refractivity contribution < 1.29 is 14.0 Å². The van der Waals surface area contributed by atoms with Crippen molar-refractivity contribution in [1.82, 2.24) is 20.3 Å². The minimum atomic E-state index is -0.426. The lowest BCUT2D eigenvalue weighted by Gasteiger charge is -2.15. The molecule has 0 radical (unpaired) electrons. The second-order valence-electron chi connectivity index (χ2n) is 7.72. The summed E-state index contributed by atoms with van der Waals surface area (Å²) in [6.45, 7) is 3.72. The van der Waals surface area contributed by atoms with Crippen LogP contribution in [0.5, 0.6) is 0 Å². The van der Waals surface area contributed by atoms with E-state index >= 15 is 0 Å². The molecule has 1 atom stereocenters. The summed E-state index contributed by atoms with van der Waals surface area (Å²) >= 11 is 1.40. The van der Waals surface area contributed by atoms with Gasteiger partial charge in [-0.3, -0.25) is 14.6 Å². The summed E-state index contributed by atoms with van der Waals surface area (Å²) in [5, 5.41) is 10.6. The normalized spacial score (nSPS) is 11.7. The van der Waals surface area contributed by atoms with Crippen molar-refractivity contribution in [3.8, 4) is 0 Å². The van der Waals surface area contributed by atoms with Gasteiger partial charge >= 0.3 is 0 Å². The van der Waals surface area contributed by atoms with Gasteiger partial charge in [-0.1, -0.05) is 12.1 Å². The van der Waals surface area contributed by atoms with Crippen LogP contribution in [-0.4, -0.2) is 33.3 Å². The standard InChI is InChI=1S/C24H23FN6O2S/c1-14(17-11-18(25)13-26-12-17)28-24-30-20-8-10-34-22(20)21(31-24)23(33)27-9-7-16-3-5-19(6-4-16)29-15(2)32/h3-6,8,10-14H,7,9H2,1-2H3,(H,27,33)(H,29,32)(H,28,30,31). The van der Waals surface area contributed by atoms with Crippen molar-refractivity contribution >= 4 is 45.0 Å². The number of fused-ring (bicyclic) bond motifs is 1. The molecule has 8 nitrogen and oxygen atoms in total.